The van der Waals surface area contributed by atoms with Gasteiger partial charge in [0.2, 0.25) is 0 Å². The molecule has 1 aromatic heterocycles. The van der Waals surface area contributed by atoms with Gasteiger partial charge in [-0.25, -0.2) is 9.78 Å². The van der Waals surface area contributed by atoms with Gasteiger partial charge in [-0.2, -0.15) is 0 Å². The van der Waals surface area contributed by atoms with Gasteiger partial charge in [-0.1, -0.05) is 0 Å². The molecule has 0 bridgehead atoms. The summed E-state index contributed by atoms with van der Waals surface area (Å²) in [5.41, 5.74) is 6.46. The van der Waals surface area contributed by atoms with Gasteiger partial charge in [-0.05, 0) is 32.0 Å². The molecule has 0 spiro atoms. The Hall–Kier alpha value is -1.82. The highest BCUT2D eigenvalue weighted by molar-refractivity contribution is 5.95. The van der Waals surface area contributed by atoms with Crippen molar-refractivity contribution in [3.63, 3.8) is 0 Å². The predicted molar refractivity (Wildman–Crippen MR) is 78.9 cm³/mol. The first-order valence-electron chi connectivity index (χ1n) is 6.89. The van der Waals surface area contributed by atoms with Crippen molar-refractivity contribution in [2.24, 2.45) is 0 Å². The number of likely N-dealkylation sites (tertiary alicyclic amines) is 1. The Morgan fingerprint density at radius 3 is 2.85 bits per heavy atom. The average molecular weight is 278 g/mol. The molecule has 2 N–H and O–H groups in total. The average Bonchev–Trinajstić information content (AvgIpc) is 2.97. The van der Waals surface area contributed by atoms with Crippen molar-refractivity contribution in [3.05, 3.63) is 17.8 Å². The molecule has 1 aliphatic rings. The molecule has 20 heavy (non-hydrogen) atoms. The van der Waals surface area contributed by atoms with Crippen LogP contribution in [0.25, 0.3) is 0 Å². The minimum Gasteiger partial charge on any atom is -0.465 e. The van der Waals surface area contributed by atoms with Crippen molar-refractivity contribution < 1.29 is 9.53 Å². The van der Waals surface area contributed by atoms with E-state index in [4.69, 9.17) is 10.5 Å². The van der Waals surface area contributed by atoms with E-state index in [1.165, 1.54) is 39.2 Å². The fourth-order valence-electron chi connectivity index (χ4n) is 2.36. The molecule has 0 aromatic carbocycles. The van der Waals surface area contributed by atoms with Gasteiger partial charge in [0.05, 0.1) is 24.6 Å². The first-order valence-corrected chi connectivity index (χ1v) is 6.89. The Bertz CT molecular complexity index is 472. The minimum absolute atomic E-state index is 0.341. The zero-order valence-corrected chi connectivity index (χ0v) is 12.1. The molecule has 1 aliphatic heterocycles. The van der Waals surface area contributed by atoms with E-state index in [2.05, 4.69) is 9.88 Å². The number of nitrogen functional groups attached to an aromatic ring is 1. The fourth-order valence-corrected chi connectivity index (χ4v) is 2.36. The van der Waals surface area contributed by atoms with Crippen LogP contribution in [-0.4, -0.2) is 56.2 Å². The number of ether oxygens (including phenoxy) is 1. The van der Waals surface area contributed by atoms with Crippen molar-refractivity contribution in [2.45, 2.75) is 12.8 Å². The third kappa shape index (κ3) is 3.39. The largest absolute Gasteiger partial charge is 0.465 e. The monoisotopic (exact) mass is 278 g/mol. The van der Waals surface area contributed by atoms with Crippen molar-refractivity contribution >= 4 is 17.5 Å². The first kappa shape index (κ1) is 14.6. The van der Waals surface area contributed by atoms with Gasteiger partial charge in [-0.15, -0.1) is 0 Å². The van der Waals surface area contributed by atoms with E-state index in [0.29, 0.717) is 11.3 Å². The standard InChI is InChI=1S/C14H22N4O2/c1-17(7-8-18-5-3-4-6-18)13-9-11(14(19)20-2)12(15)10-16-13/h9-10H,3-8,15H2,1-2H3. The van der Waals surface area contributed by atoms with E-state index in [9.17, 15) is 4.79 Å². The molecule has 0 radical (unpaired) electrons. The topological polar surface area (TPSA) is 71.7 Å². The van der Waals surface area contributed by atoms with Crippen LogP contribution in [0.15, 0.2) is 12.3 Å². The van der Waals surface area contributed by atoms with Gasteiger partial charge in [0.15, 0.2) is 0 Å². The Morgan fingerprint density at radius 1 is 1.50 bits per heavy atom. The van der Waals surface area contributed by atoms with Gasteiger partial charge >= 0.3 is 5.97 Å². The molecule has 0 amide bonds. The number of pyridine rings is 1. The van der Waals surface area contributed by atoms with E-state index in [1.54, 1.807) is 6.07 Å². The molecule has 1 aromatic rings. The van der Waals surface area contributed by atoms with E-state index < -0.39 is 5.97 Å². The zero-order chi connectivity index (χ0) is 14.5. The fraction of sp³-hybridized carbons (Fsp3) is 0.571. The summed E-state index contributed by atoms with van der Waals surface area (Å²) in [4.78, 5) is 20.4. The minimum atomic E-state index is -0.431. The molecule has 0 aliphatic carbocycles. The maximum absolute atomic E-state index is 11.6. The second kappa shape index (κ2) is 6.56. The van der Waals surface area contributed by atoms with Crippen LogP contribution in [0.3, 0.4) is 0 Å². The molecule has 1 saturated heterocycles. The summed E-state index contributed by atoms with van der Waals surface area (Å²) in [5, 5.41) is 0. The number of rotatable bonds is 5. The molecule has 2 rings (SSSR count). The molecule has 6 heteroatoms. The molecule has 0 unspecified atom stereocenters. The normalized spacial score (nSPS) is 15.3. The molecule has 0 atom stereocenters. The van der Waals surface area contributed by atoms with E-state index >= 15 is 0 Å². The maximum atomic E-state index is 11.6. The summed E-state index contributed by atoms with van der Waals surface area (Å²) in [6.45, 7) is 4.24. The third-order valence-corrected chi connectivity index (χ3v) is 3.67. The van der Waals surface area contributed by atoms with Crippen LogP contribution in [0.1, 0.15) is 23.2 Å². The highest BCUT2D eigenvalue weighted by Crippen LogP contribution is 2.18. The molecule has 1 fully saturated rings. The number of nitrogens with two attached hydrogens (primary N) is 1. The second-order valence-electron chi connectivity index (χ2n) is 5.09. The quantitative estimate of drug-likeness (QED) is 0.810. The first-order chi connectivity index (χ1) is 9.61. The molecule has 0 saturated carbocycles. The van der Waals surface area contributed by atoms with Gasteiger partial charge < -0.3 is 20.3 Å². The maximum Gasteiger partial charge on any atom is 0.340 e. The molecular formula is C14H22N4O2. The lowest BCUT2D eigenvalue weighted by atomic mass is 10.2. The predicted octanol–water partition coefficient (Wildman–Crippen LogP) is 0.982. The lowest BCUT2D eigenvalue weighted by Crippen LogP contribution is -2.31. The van der Waals surface area contributed by atoms with Crippen LogP contribution < -0.4 is 10.6 Å². The number of esters is 1. The number of anilines is 2. The van der Waals surface area contributed by atoms with Crippen LogP contribution in [0.2, 0.25) is 0 Å². The highest BCUT2D eigenvalue weighted by atomic mass is 16.5. The van der Waals surface area contributed by atoms with Crippen molar-refractivity contribution in [1.82, 2.24) is 9.88 Å². The second-order valence-corrected chi connectivity index (χ2v) is 5.09. The summed E-state index contributed by atoms with van der Waals surface area (Å²) >= 11 is 0. The third-order valence-electron chi connectivity index (χ3n) is 3.67. The molecular weight excluding hydrogens is 256 g/mol. The van der Waals surface area contributed by atoms with Gasteiger partial charge in [-0.3, -0.25) is 0 Å². The summed E-state index contributed by atoms with van der Waals surface area (Å²) < 4.78 is 4.72. The van der Waals surface area contributed by atoms with Gasteiger partial charge in [0.25, 0.3) is 0 Å². The van der Waals surface area contributed by atoms with Crippen molar-refractivity contribution in [1.29, 1.82) is 0 Å². The lowest BCUT2D eigenvalue weighted by Gasteiger charge is -2.22. The van der Waals surface area contributed by atoms with Gasteiger partial charge in [0, 0.05) is 20.1 Å². The number of hydrogen-bond acceptors (Lipinski definition) is 6. The van der Waals surface area contributed by atoms with E-state index in [-0.39, 0.29) is 0 Å². The summed E-state index contributed by atoms with van der Waals surface area (Å²) in [5.74, 6) is 0.304. The van der Waals surface area contributed by atoms with E-state index in [1.807, 2.05) is 11.9 Å². The summed E-state index contributed by atoms with van der Waals surface area (Å²) in [6.07, 6.45) is 4.08. The van der Waals surface area contributed by atoms with Crippen LogP contribution in [0.4, 0.5) is 11.5 Å². The van der Waals surface area contributed by atoms with E-state index in [0.717, 1.165) is 18.9 Å². The molecule has 110 valence electrons. The lowest BCUT2D eigenvalue weighted by molar-refractivity contribution is 0.0602. The summed E-state index contributed by atoms with van der Waals surface area (Å²) in [6, 6.07) is 1.69. The summed E-state index contributed by atoms with van der Waals surface area (Å²) in [7, 11) is 3.31. The Labute approximate surface area is 119 Å². The Kier molecular flexibility index (Phi) is 4.79. The highest BCUT2D eigenvalue weighted by Gasteiger charge is 2.15. The number of likely N-dealkylation sites (N-methyl/N-ethyl adjacent to an activating group) is 1. The van der Waals surface area contributed by atoms with Gasteiger partial charge in [0.1, 0.15) is 5.82 Å². The van der Waals surface area contributed by atoms with Crippen LogP contribution in [-0.2, 0) is 4.74 Å². The Morgan fingerprint density at radius 2 is 2.20 bits per heavy atom. The van der Waals surface area contributed by atoms with Crippen LogP contribution in [0, 0.1) is 0 Å². The van der Waals surface area contributed by atoms with Crippen molar-refractivity contribution in [2.75, 3.05) is 51.0 Å². The molecule has 6 nitrogen and oxygen atoms in total. The van der Waals surface area contributed by atoms with Crippen LogP contribution in [0.5, 0.6) is 0 Å². The zero-order valence-electron chi connectivity index (χ0n) is 12.1. The molecule has 2 heterocycles. The smallest absolute Gasteiger partial charge is 0.340 e. The van der Waals surface area contributed by atoms with Crippen molar-refractivity contribution in [3.8, 4) is 0 Å². The SMILES string of the molecule is COC(=O)c1cc(N(C)CCN2CCCC2)ncc1N. The Balaban J connectivity index is 2.01. The number of carbonyl (C=O) groups is 1. The number of aromatic nitrogens is 1. The number of methoxy groups -OCH3 is 1. The number of nitrogens with zero attached hydrogens (tertiary/aromatic N) is 3. The number of carbonyl (C=O) groups excluding carboxylic acids is 1. The van der Waals surface area contributed by atoms with Crippen LogP contribution >= 0.6 is 0 Å². The number of hydrogen-bond donors (Lipinski definition) is 1.